The minimum absolute atomic E-state index is 0.412. The van der Waals surface area contributed by atoms with Crippen molar-refractivity contribution in [1.82, 2.24) is 0 Å². The number of allylic oxidation sites excluding steroid dienone is 2. The van der Waals surface area contributed by atoms with E-state index in [1.165, 1.54) is 24.8 Å². The lowest BCUT2D eigenvalue weighted by Gasteiger charge is -2.32. The first-order chi connectivity index (χ1) is 8.61. The second kappa shape index (κ2) is 5.41. The van der Waals surface area contributed by atoms with Crippen molar-refractivity contribution in [1.29, 1.82) is 0 Å². The summed E-state index contributed by atoms with van der Waals surface area (Å²) in [4.78, 5) is 0. The molecule has 1 aromatic rings. The van der Waals surface area contributed by atoms with Gasteiger partial charge in [0.1, 0.15) is 10.5 Å². The fourth-order valence-electron chi connectivity index (χ4n) is 3.53. The largest absolute Gasteiger partial charge is 0.431 e. The molecule has 0 amide bonds. The molecule has 1 nitrogen and oxygen atoms in total. The standard InChI is InChI=1S/C15H18.CH6OSi/c1-15(2)13-9-8-12(10-13)14(15)11-6-4-3-5-7-11;1-2-3/h3-7,13H,8-10H2,1-2H3;1,3H3. The first-order valence-corrected chi connectivity index (χ1v) is 7.61. The van der Waals surface area contributed by atoms with Crippen LogP contribution in [-0.4, -0.2) is 17.6 Å². The lowest BCUT2D eigenvalue weighted by molar-refractivity contribution is 0.318. The summed E-state index contributed by atoms with van der Waals surface area (Å²) in [5, 5.41) is 0. The van der Waals surface area contributed by atoms with Crippen molar-refractivity contribution >= 4 is 16.1 Å². The first kappa shape index (κ1) is 13.6. The van der Waals surface area contributed by atoms with Gasteiger partial charge in [0.25, 0.3) is 0 Å². The molecule has 2 heteroatoms. The van der Waals surface area contributed by atoms with E-state index in [1.807, 2.05) is 0 Å². The van der Waals surface area contributed by atoms with Gasteiger partial charge in [-0.05, 0) is 41.7 Å². The molecule has 1 saturated carbocycles. The molecule has 0 aliphatic heterocycles. The van der Waals surface area contributed by atoms with Gasteiger partial charge in [0.05, 0.1) is 0 Å². The van der Waals surface area contributed by atoms with Crippen molar-refractivity contribution < 1.29 is 4.43 Å². The Morgan fingerprint density at radius 2 is 1.83 bits per heavy atom. The number of rotatable bonds is 1. The Bertz CT molecular complexity index is 434. The molecule has 1 aromatic carbocycles. The van der Waals surface area contributed by atoms with Gasteiger partial charge < -0.3 is 4.43 Å². The highest BCUT2D eigenvalue weighted by molar-refractivity contribution is 5.97. The molecule has 0 radical (unpaired) electrons. The molecule has 2 aliphatic rings. The van der Waals surface area contributed by atoms with Crippen LogP contribution in [0.3, 0.4) is 0 Å². The Morgan fingerprint density at radius 1 is 1.22 bits per heavy atom. The maximum Gasteiger partial charge on any atom is 0.145 e. The SMILES string of the molecule is CC1(C)C(c2ccccc2)=C2CCC1C2.CO[SiH3]. The number of benzene rings is 1. The van der Waals surface area contributed by atoms with E-state index in [2.05, 4.69) is 48.6 Å². The van der Waals surface area contributed by atoms with Crippen molar-refractivity contribution in [3.05, 3.63) is 41.5 Å². The van der Waals surface area contributed by atoms with Gasteiger partial charge in [-0.3, -0.25) is 0 Å². The predicted molar refractivity (Wildman–Crippen MR) is 81.4 cm³/mol. The highest BCUT2D eigenvalue weighted by Gasteiger charge is 2.45. The fraction of sp³-hybridized carbons (Fsp3) is 0.500. The molecule has 0 spiro atoms. The van der Waals surface area contributed by atoms with Gasteiger partial charge in [-0.15, -0.1) is 0 Å². The topological polar surface area (TPSA) is 9.23 Å². The van der Waals surface area contributed by atoms with E-state index in [9.17, 15) is 0 Å². The zero-order valence-corrected chi connectivity index (χ0v) is 14.0. The van der Waals surface area contributed by atoms with Gasteiger partial charge in [-0.25, -0.2) is 0 Å². The van der Waals surface area contributed by atoms with Crippen molar-refractivity contribution in [2.45, 2.75) is 33.1 Å². The summed E-state index contributed by atoms with van der Waals surface area (Å²) in [6, 6.07) is 11.0. The van der Waals surface area contributed by atoms with Crippen molar-refractivity contribution in [2.24, 2.45) is 11.3 Å². The van der Waals surface area contributed by atoms with Crippen LogP contribution in [-0.2, 0) is 4.43 Å². The number of fused-ring (bicyclic) bond motifs is 2. The lowest BCUT2D eigenvalue weighted by Crippen LogP contribution is -2.21. The fourth-order valence-corrected chi connectivity index (χ4v) is 3.53. The third-order valence-corrected chi connectivity index (χ3v) is 4.37. The highest BCUT2D eigenvalue weighted by atomic mass is 28.2. The third-order valence-electron chi connectivity index (χ3n) is 4.37. The normalized spacial score (nSPS) is 24.1. The van der Waals surface area contributed by atoms with Crippen LogP contribution in [0, 0.1) is 11.3 Å². The Balaban J connectivity index is 0.000000367. The van der Waals surface area contributed by atoms with Crippen LogP contribution in [0.4, 0.5) is 0 Å². The summed E-state index contributed by atoms with van der Waals surface area (Å²) in [6.07, 6.45) is 4.12. The van der Waals surface area contributed by atoms with Crippen molar-refractivity contribution in [3.8, 4) is 0 Å². The van der Waals surface area contributed by atoms with Crippen LogP contribution in [0.2, 0.25) is 0 Å². The van der Waals surface area contributed by atoms with E-state index >= 15 is 0 Å². The zero-order valence-electron chi connectivity index (χ0n) is 12.0. The maximum absolute atomic E-state index is 4.39. The smallest absolute Gasteiger partial charge is 0.145 e. The van der Waals surface area contributed by atoms with Gasteiger partial charge in [-0.2, -0.15) is 0 Å². The summed E-state index contributed by atoms with van der Waals surface area (Å²) >= 11 is 0. The van der Waals surface area contributed by atoms with Crippen LogP contribution in [0.5, 0.6) is 0 Å². The monoisotopic (exact) mass is 260 g/mol. The van der Waals surface area contributed by atoms with E-state index in [1.54, 1.807) is 18.3 Å². The molecular weight excluding hydrogens is 236 g/mol. The van der Waals surface area contributed by atoms with Gasteiger partial charge >= 0.3 is 0 Å². The molecule has 1 atom stereocenters. The van der Waals surface area contributed by atoms with E-state index in [4.69, 9.17) is 0 Å². The summed E-state index contributed by atoms with van der Waals surface area (Å²) in [7, 11) is 2.56. The summed E-state index contributed by atoms with van der Waals surface area (Å²) in [5.74, 6) is 0.905. The predicted octanol–water partition coefficient (Wildman–Crippen LogP) is 3.19. The van der Waals surface area contributed by atoms with Gasteiger partial charge in [0.15, 0.2) is 0 Å². The third kappa shape index (κ3) is 2.32. The average Bonchev–Trinajstić information content (AvgIpc) is 2.89. The van der Waals surface area contributed by atoms with Crippen LogP contribution in [0.15, 0.2) is 35.9 Å². The molecule has 1 fully saturated rings. The van der Waals surface area contributed by atoms with Crippen LogP contribution >= 0.6 is 0 Å². The van der Waals surface area contributed by atoms with E-state index < -0.39 is 0 Å². The Hall–Kier alpha value is -0.863. The second-order valence-corrected chi connectivity index (χ2v) is 6.73. The number of hydrogen-bond donors (Lipinski definition) is 0. The van der Waals surface area contributed by atoms with Crippen LogP contribution < -0.4 is 0 Å². The minimum atomic E-state index is 0.412. The summed E-state index contributed by atoms with van der Waals surface area (Å²) < 4.78 is 4.39. The zero-order chi connectivity index (χ0) is 13.2. The molecule has 0 heterocycles. The second-order valence-electron chi connectivity index (χ2n) is 5.91. The van der Waals surface area contributed by atoms with Crippen LogP contribution in [0.25, 0.3) is 5.57 Å². The molecular formula is C16H24OSi. The molecule has 98 valence electrons. The van der Waals surface area contributed by atoms with E-state index in [0.29, 0.717) is 5.41 Å². The van der Waals surface area contributed by atoms with Crippen LogP contribution in [0.1, 0.15) is 38.7 Å². The van der Waals surface area contributed by atoms with Crippen molar-refractivity contribution in [3.63, 3.8) is 0 Å². The summed E-state index contributed by atoms with van der Waals surface area (Å²) in [6.45, 7) is 4.85. The molecule has 18 heavy (non-hydrogen) atoms. The van der Waals surface area contributed by atoms with E-state index in [-0.39, 0.29) is 0 Å². The van der Waals surface area contributed by atoms with Gasteiger partial charge in [-0.1, -0.05) is 49.8 Å². The first-order valence-electron chi connectivity index (χ1n) is 6.79. The minimum Gasteiger partial charge on any atom is -0.431 e. The highest BCUT2D eigenvalue weighted by Crippen LogP contribution is 2.58. The summed E-state index contributed by atoms with van der Waals surface area (Å²) in [5.41, 5.74) is 5.25. The number of hydrogen-bond acceptors (Lipinski definition) is 1. The molecule has 1 unspecified atom stereocenters. The Morgan fingerprint density at radius 3 is 2.33 bits per heavy atom. The molecule has 3 rings (SSSR count). The van der Waals surface area contributed by atoms with Crippen molar-refractivity contribution in [2.75, 3.05) is 7.11 Å². The van der Waals surface area contributed by atoms with E-state index in [0.717, 1.165) is 16.4 Å². The lowest BCUT2D eigenvalue weighted by atomic mass is 9.72. The molecule has 2 bridgehead atoms. The molecule has 0 saturated heterocycles. The molecule has 0 aromatic heterocycles. The average molecular weight is 260 g/mol. The van der Waals surface area contributed by atoms with Gasteiger partial charge in [0.2, 0.25) is 0 Å². The Kier molecular flexibility index (Phi) is 4.08. The van der Waals surface area contributed by atoms with Gasteiger partial charge in [0, 0.05) is 7.11 Å². The maximum atomic E-state index is 4.39. The Labute approximate surface area is 114 Å². The quantitative estimate of drug-likeness (QED) is 0.705. The molecule has 0 N–H and O–H groups in total. The molecule has 2 aliphatic carbocycles.